The Labute approximate surface area is 269 Å². The maximum Gasteiger partial charge on any atom is 0.342 e. The average Bonchev–Trinajstić information content (AvgIpc) is 2.95. The van der Waals surface area contributed by atoms with Crippen LogP contribution in [0.2, 0.25) is 0 Å². The highest BCUT2D eigenvalue weighted by atomic mass is 16.5. The van der Waals surface area contributed by atoms with Gasteiger partial charge in [0.25, 0.3) is 0 Å². The van der Waals surface area contributed by atoms with Gasteiger partial charge in [-0.3, -0.25) is 4.79 Å². The second-order valence-electron chi connectivity index (χ2n) is 12.3. The molecule has 0 aliphatic carbocycles. The number of hydrogen-bond donors (Lipinski definition) is 4. The fraction of sp³-hybridized carbons (Fsp3) is 0.622. The van der Waals surface area contributed by atoms with Gasteiger partial charge >= 0.3 is 11.9 Å². The fourth-order valence-electron chi connectivity index (χ4n) is 5.97. The minimum absolute atomic E-state index is 0.00772. The Bertz CT molecular complexity index is 1140. The maximum atomic E-state index is 13.3. The van der Waals surface area contributed by atoms with E-state index in [4.69, 9.17) is 9.47 Å². The van der Waals surface area contributed by atoms with E-state index in [0.717, 1.165) is 115 Å². The van der Waals surface area contributed by atoms with Crippen molar-refractivity contribution >= 4 is 11.9 Å². The van der Waals surface area contributed by atoms with E-state index in [-0.39, 0.29) is 46.7 Å². The quantitative estimate of drug-likeness (QED) is 0.0707. The molecule has 0 bridgehead atoms. The van der Waals surface area contributed by atoms with Crippen LogP contribution in [0.25, 0.3) is 0 Å². The number of ether oxygens (including phenoxy) is 2. The van der Waals surface area contributed by atoms with Gasteiger partial charge in [0.1, 0.15) is 40.8 Å². The predicted molar refractivity (Wildman–Crippen MR) is 177 cm³/mol. The Morgan fingerprint density at radius 3 is 1.64 bits per heavy atom. The van der Waals surface area contributed by atoms with Crippen LogP contribution >= 0.6 is 0 Å². The van der Waals surface area contributed by atoms with Crippen LogP contribution in [0.1, 0.15) is 145 Å². The monoisotopic (exact) mass is 628 g/mol. The van der Waals surface area contributed by atoms with Gasteiger partial charge in [0.05, 0.1) is 0 Å². The molecule has 8 nitrogen and oxygen atoms in total. The van der Waals surface area contributed by atoms with Gasteiger partial charge in [-0.15, -0.1) is 0 Å². The summed E-state index contributed by atoms with van der Waals surface area (Å²) in [6, 6.07) is 7.44. The molecule has 0 saturated heterocycles. The molecule has 4 N–H and O–H groups in total. The molecule has 0 amide bonds. The molecule has 0 aliphatic rings. The number of unbranched alkanes of at least 4 members (excludes halogenated alkanes) is 8. The second kappa shape index (κ2) is 21.3. The number of carbonyl (C=O) groups excluding carboxylic acids is 2. The Morgan fingerprint density at radius 2 is 1.09 bits per heavy atom. The Morgan fingerprint density at radius 1 is 0.600 bits per heavy atom. The molecular weight excluding hydrogens is 572 g/mol. The Kier molecular flexibility index (Phi) is 17.9. The second-order valence-corrected chi connectivity index (χ2v) is 12.3. The molecule has 2 aromatic carbocycles. The lowest BCUT2D eigenvalue weighted by atomic mass is 9.98. The lowest BCUT2D eigenvalue weighted by molar-refractivity contribution is -0.147. The summed E-state index contributed by atoms with van der Waals surface area (Å²) in [6.07, 6.45) is 16.0. The number of phenolic OH excluding ortho intramolecular Hbond substituents is 4. The number of aromatic hydroxyl groups is 4. The first kappa shape index (κ1) is 37.8. The van der Waals surface area contributed by atoms with Crippen molar-refractivity contribution in [2.75, 3.05) is 0 Å². The molecule has 45 heavy (non-hydrogen) atoms. The third-order valence-corrected chi connectivity index (χ3v) is 8.14. The molecule has 0 fully saturated rings. The summed E-state index contributed by atoms with van der Waals surface area (Å²) < 4.78 is 11.3. The van der Waals surface area contributed by atoms with Gasteiger partial charge in [0.2, 0.25) is 0 Å². The summed E-state index contributed by atoms with van der Waals surface area (Å²) in [5.41, 5.74) is 1.68. The van der Waals surface area contributed by atoms with Crippen LogP contribution in [0.4, 0.5) is 0 Å². The SMILES string of the molecule is CCC[C@H](CCCCCCCc1cc(O)cc(O)c1C(=O)O[C@H](CCC)CCCCCCCc1cc(O)cc(O)c1)OC(C)=O. The van der Waals surface area contributed by atoms with Crippen LogP contribution < -0.4 is 0 Å². The highest BCUT2D eigenvalue weighted by Crippen LogP contribution is 2.30. The standard InChI is InChI=1S/C37H56O8/c1-4-16-33(44-27(3)38)20-14-11-7-9-13-19-29-24-32(41)26-35(42)36(29)37(43)45-34(17-5-2)21-15-10-6-8-12-18-28-22-30(39)25-31(40)23-28/h22-26,33-34,39-42H,4-21H2,1-3H3/t33-,34-/m1/s1. The first-order valence-electron chi connectivity index (χ1n) is 17.1. The number of benzene rings is 2. The number of phenols is 4. The van der Waals surface area contributed by atoms with Gasteiger partial charge < -0.3 is 29.9 Å². The van der Waals surface area contributed by atoms with E-state index in [1.807, 2.05) is 0 Å². The van der Waals surface area contributed by atoms with Crippen LogP contribution in [0, 0.1) is 0 Å². The van der Waals surface area contributed by atoms with Crippen molar-refractivity contribution in [1.29, 1.82) is 0 Å². The van der Waals surface area contributed by atoms with Crippen molar-refractivity contribution in [3.63, 3.8) is 0 Å². The van der Waals surface area contributed by atoms with Crippen LogP contribution in [-0.4, -0.2) is 44.6 Å². The largest absolute Gasteiger partial charge is 0.508 e. The highest BCUT2D eigenvalue weighted by molar-refractivity contribution is 5.94. The summed E-state index contributed by atoms with van der Waals surface area (Å²) in [7, 11) is 0. The molecule has 0 aliphatic heterocycles. The van der Waals surface area contributed by atoms with Crippen LogP contribution in [0.15, 0.2) is 30.3 Å². The minimum Gasteiger partial charge on any atom is -0.508 e. The first-order chi connectivity index (χ1) is 21.6. The van der Waals surface area contributed by atoms with Crippen LogP contribution in [0.5, 0.6) is 23.0 Å². The maximum absolute atomic E-state index is 13.3. The molecule has 0 spiro atoms. The fourth-order valence-corrected chi connectivity index (χ4v) is 5.97. The molecule has 0 radical (unpaired) electrons. The third kappa shape index (κ3) is 15.4. The van der Waals surface area contributed by atoms with Gasteiger partial charge in [-0.1, -0.05) is 65.2 Å². The zero-order valence-electron chi connectivity index (χ0n) is 27.7. The van der Waals surface area contributed by atoms with Crippen molar-refractivity contribution in [3.8, 4) is 23.0 Å². The van der Waals surface area contributed by atoms with Crippen molar-refractivity contribution in [2.45, 2.75) is 149 Å². The molecule has 0 aromatic heterocycles. The number of esters is 2. The molecule has 2 aromatic rings. The van der Waals surface area contributed by atoms with E-state index in [9.17, 15) is 30.0 Å². The molecule has 2 atom stereocenters. The van der Waals surface area contributed by atoms with E-state index in [1.165, 1.54) is 19.1 Å². The number of hydrogen-bond acceptors (Lipinski definition) is 8. The summed E-state index contributed by atoms with van der Waals surface area (Å²) in [5.74, 6) is -0.931. The smallest absolute Gasteiger partial charge is 0.342 e. The zero-order valence-corrected chi connectivity index (χ0v) is 27.7. The Balaban J connectivity index is 1.78. The minimum atomic E-state index is -0.539. The average molecular weight is 629 g/mol. The molecular formula is C37H56O8. The summed E-state index contributed by atoms with van der Waals surface area (Å²) in [4.78, 5) is 24.6. The molecule has 0 saturated carbocycles. The van der Waals surface area contributed by atoms with E-state index in [2.05, 4.69) is 13.8 Å². The van der Waals surface area contributed by atoms with Crippen molar-refractivity contribution in [1.82, 2.24) is 0 Å². The molecule has 2 rings (SSSR count). The Hall–Kier alpha value is -3.42. The van der Waals surface area contributed by atoms with Gasteiger partial charge in [-0.05, 0) is 93.5 Å². The topological polar surface area (TPSA) is 134 Å². The zero-order chi connectivity index (χ0) is 33.0. The van der Waals surface area contributed by atoms with Gasteiger partial charge in [0, 0.05) is 19.1 Å². The summed E-state index contributed by atoms with van der Waals surface area (Å²) in [5, 5.41) is 40.0. The van der Waals surface area contributed by atoms with Gasteiger partial charge in [-0.2, -0.15) is 0 Å². The van der Waals surface area contributed by atoms with E-state index >= 15 is 0 Å². The predicted octanol–water partition coefficient (Wildman–Crippen LogP) is 9.03. The van der Waals surface area contributed by atoms with E-state index in [1.54, 1.807) is 18.2 Å². The van der Waals surface area contributed by atoms with Gasteiger partial charge in [-0.25, -0.2) is 4.79 Å². The van der Waals surface area contributed by atoms with E-state index in [0.29, 0.717) is 12.0 Å². The number of carbonyl (C=O) groups is 2. The lowest BCUT2D eigenvalue weighted by Gasteiger charge is -2.19. The van der Waals surface area contributed by atoms with Crippen LogP contribution in [-0.2, 0) is 27.1 Å². The number of rotatable bonds is 23. The molecule has 8 heteroatoms. The van der Waals surface area contributed by atoms with Crippen molar-refractivity contribution < 1.29 is 39.5 Å². The first-order valence-corrected chi connectivity index (χ1v) is 17.1. The normalized spacial score (nSPS) is 12.5. The van der Waals surface area contributed by atoms with Gasteiger partial charge in [0.15, 0.2) is 0 Å². The van der Waals surface area contributed by atoms with Crippen molar-refractivity contribution in [2.24, 2.45) is 0 Å². The van der Waals surface area contributed by atoms with Crippen molar-refractivity contribution in [3.05, 3.63) is 47.0 Å². The van der Waals surface area contributed by atoms with Crippen LogP contribution in [0.3, 0.4) is 0 Å². The molecule has 252 valence electrons. The van der Waals surface area contributed by atoms with E-state index < -0.39 is 5.97 Å². The molecule has 0 heterocycles. The lowest BCUT2D eigenvalue weighted by Crippen LogP contribution is -2.19. The summed E-state index contributed by atoms with van der Waals surface area (Å²) >= 11 is 0. The highest BCUT2D eigenvalue weighted by Gasteiger charge is 2.22. The third-order valence-electron chi connectivity index (χ3n) is 8.14. The summed E-state index contributed by atoms with van der Waals surface area (Å²) in [6.45, 7) is 5.60. The molecule has 0 unspecified atom stereocenters. The number of aryl methyl sites for hydroxylation is 2.